The summed E-state index contributed by atoms with van der Waals surface area (Å²) in [6.07, 6.45) is 3.56. The number of hydrogen-bond acceptors (Lipinski definition) is 4. The van der Waals surface area contributed by atoms with Crippen molar-refractivity contribution in [3.8, 4) is 17.1 Å². The lowest BCUT2D eigenvalue weighted by molar-refractivity contribution is 0.885. The molecule has 0 bridgehead atoms. The number of pyridine rings is 1. The van der Waals surface area contributed by atoms with E-state index in [2.05, 4.69) is 58.7 Å². The van der Waals surface area contributed by atoms with E-state index in [1.54, 1.807) is 24.2 Å². The number of nitrogens with zero attached hydrogens (tertiary/aromatic N) is 4. The molecule has 0 radical (unpaired) electrons. The van der Waals surface area contributed by atoms with E-state index >= 15 is 0 Å². The summed E-state index contributed by atoms with van der Waals surface area (Å²) in [6, 6.07) is 10.4. The summed E-state index contributed by atoms with van der Waals surface area (Å²) in [5, 5.41) is 9.68. The summed E-state index contributed by atoms with van der Waals surface area (Å²) in [6.45, 7) is 6.37. The van der Waals surface area contributed by atoms with Crippen LogP contribution in [0.25, 0.3) is 17.1 Å². The molecule has 0 aliphatic rings. The van der Waals surface area contributed by atoms with E-state index in [0.717, 1.165) is 28.0 Å². The lowest BCUT2D eigenvalue weighted by Gasteiger charge is -2.11. The molecule has 4 nitrogen and oxygen atoms in total. The fraction of sp³-hybridized carbons (Fsp3) is 0.235. The number of aromatic nitrogens is 4. The minimum absolute atomic E-state index is 0.849. The van der Waals surface area contributed by atoms with Crippen LogP contribution >= 0.6 is 11.8 Å². The Morgan fingerprint density at radius 2 is 1.77 bits per heavy atom. The highest BCUT2D eigenvalue weighted by molar-refractivity contribution is 7.99. The molecule has 22 heavy (non-hydrogen) atoms. The van der Waals surface area contributed by atoms with E-state index in [1.807, 2.05) is 12.1 Å². The predicted octanol–water partition coefficient (Wildman–Crippen LogP) is 4.06. The number of rotatable bonds is 4. The third-order valence-electron chi connectivity index (χ3n) is 3.59. The summed E-state index contributed by atoms with van der Waals surface area (Å²) in [5.74, 6) is 1.81. The minimum atomic E-state index is 0.849. The molecule has 0 amide bonds. The Morgan fingerprint density at radius 1 is 1.00 bits per heavy atom. The summed E-state index contributed by atoms with van der Waals surface area (Å²) < 4.78 is 2.12. The van der Waals surface area contributed by atoms with Crippen LogP contribution in [-0.4, -0.2) is 25.5 Å². The lowest BCUT2D eigenvalue weighted by Crippen LogP contribution is -2.00. The van der Waals surface area contributed by atoms with Crippen molar-refractivity contribution >= 4 is 11.8 Å². The SMILES string of the molecule is CCSc1nnc(-c2ccncc2)n1-c1ccc(C)c(C)c1. The zero-order chi connectivity index (χ0) is 15.5. The molecule has 0 spiro atoms. The zero-order valence-electron chi connectivity index (χ0n) is 12.9. The van der Waals surface area contributed by atoms with Gasteiger partial charge < -0.3 is 0 Å². The lowest BCUT2D eigenvalue weighted by atomic mass is 10.1. The van der Waals surface area contributed by atoms with Crippen molar-refractivity contribution in [1.29, 1.82) is 0 Å². The highest BCUT2D eigenvalue weighted by atomic mass is 32.2. The van der Waals surface area contributed by atoms with E-state index in [1.165, 1.54) is 11.1 Å². The zero-order valence-corrected chi connectivity index (χ0v) is 13.8. The molecule has 0 aliphatic carbocycles. The van der Waals surface area contributed by atoms with Crippen LogP contribution in [0, 0.1) is 13.8 Å². The van der Waals surface area contributed by atoms with E-state index in [4.69, 9.17) is 0 Å². The van der Waals surface area contributed by atoms with E-state index < -0.39 is 0 Å². The second-order valence-corrected chi connectivity index (χ2v) is 6.31. The molecule has 0 saturated carbocycles. The maximum absolute atomic E-state index is 4.40. The molecule has 1 aromatic carbocycles. The number of hydrogen-bond donors (Lipinski definition) is 0. The first-order chi connectivity index (χ1) is 10.7. The Balaban J connectivity index is 2.19. The van der Waals surface area contributed by atoms with Gasteiger partial charge in [-0.3, -0.25) is 9.55 Å². The molecule has 0 atom stereocenters. The van der Waals surface area contributed by atoms with Gasteiger partial charge in [0.2, 0.25) is 0 Å². The smallest absolute Gasteiger partial charge is 0.196 e. The average Bonchev–Trinajstić information content (AvgIpc) is 2.95. The largest absolute Gasteiger partial charge is 0.270 e. The Bertz CT molecular complexity index is 781. The standard InChI is InChI=1S/C17H18N4S/c1-4-22-17-20-19-16(14-7-9-18-10-8-14)21(17)15-6-5-12(2)13(3)11-15/h5-11H,4H2,1-3H3. The molecule has 0 fully saturated rings. The molecule has 5 heteroatoms. The van der Waals surface area contributed by atoms with Crippen molar-refractivity contribution in [1.82, 2.24) is 19.7 Å². The monoisotopic (exact) mass is 310 g/mol. The van der Waals surface area contributed by atoms with Crippen LogP contribution < -0.4 is 0 Å². The molecule has 112 valence electrons. The van der Waals surface area contributed by atoms with Crippen LogP contribution in [0.2, 0.25) is 0 Å². The van der Waals surface area contributed by atoms with Gasteiger partial charge in [0.25, 0.3) is 0 Å². The third kappa shape index (κ3) is 2.76. The first kappa shape index (κ1) is 14.8. The van der Waals surface area contributed by atoms with Gasteiger partial charge in [-0.15, -0.1) is 10.2 Å². The van der Waals surface area contributed by atoms with Gasteiger partial charge in [-0.1, -0.05) is 24.8 Å². The van der Waals surface area contributed by atoms with Crippen LogP contribution in [-0.2, 0) is 0 Å². The summed E-state index contributed by atoms with van der Waals surface area (Å²) in [5.41, 5.74) is 4.66. The van der Waals surface area contributed by atoms with Gasteiger partial charge in [0.1, 0.15) is 0 Å². The molecular formula is C17H18N4S. The fourth-order valence-electron chi connectivity index (χ4n) is 2.28. The van der Waals surface area contributed by atoms with Gasteiger partial charge in [-0.05, 0) is 55.0 Å². The molecule has 3 aromatic rings. The van der Waals surface area contributed by atoms with Crippen molar-refractivity contribution in [2.45, 2.75) is 25.9 Å². The van der Waals surface area contributed by atoms with E-state index in [-0.39, 0.29) is 0 Å². The number of thioether (sulfide) groups is 1. The van der Waals surface area contributed by atoms with Crippen LogP contribution in [0.5, 0.6) is 0 Å². The Labute approximate surface area is 134 Å². The van der Waals surface area contributed by atoms with Crippen LogP contribution in [0.3, 0.4) is 0 Å². The summed E-state index contributed by atoms with van der Waals surface area (Å²) in [7, 11) is 0. The molecule has 0 N–H and O–H groups in total. The number of benzene rings is 1. The van der Waals surface area contributed by atoms with Crippen LogP contribution in [0.1, 0.15) is 18.1 Å². The van der Waals surface area contributed by atoms with Crippen molar-refractivity contribution in [2.75, 3.05) is 5.75 Å². The Morgan fingerprint density at radius 3 is 2.45 bits per heavy atom. The molecule has 0 saturated heterocycles. The van der Waals surface area contributed by atoms with Crippen molar-refractivity contribution in [2.24, 2.45) is 0 Å². The number of aryl methyl sites for hydroxylation is 2. The van der Waals surface area contributed by atoms with Crippen LogP contribution in [0.4, 0.5) is 0 Å². The second-order valence-electron chi connectivity index (χ2n) is 5.08. The van der Waals surface area contributed by atoms with Gasteiger partial charge >= 0.3 is 0 Å². The fourth-order valence-corrected chi connectivity index (χ4v) is 2.96. The Kier molecular flexibility index (Phi) is 4.24. The topological polar surface area (TPSA) is 43.6 Å². The first-order valence-corrected chi connectivity index (χ1v) is 8.25. The molecule has 2 aromatic heterocycles. The quantitative estimate of drug-likeness (QED) is 0.682. The van der Waals surface area contributed by atoms with Gasteiger partial charge in [0.05, 0.1) is 5.69 Å². The van der Waals surface area contributed by atoms with Gasteiger partial charge in [0, 0.05) is 18.0 Å². The van der Waals surface area contributed by atoms with Gasteiger partial charge in [-0.2, -0.15) is 0 Å². The minimum Gasteiger partial charge on any atom is -0.270 e. The maximum atomic E-state index is 4.40. The summed E-state index contributed by atoms with van der Waals surface area (Å²) >= 11 is 1.70. The van der Waals surface area contributed by atoms with E-state index in [0.29, 0.717) is 0 Å². The van der Waals surface area contributed by atoms with Crippen molar-refractivity contribution < 1.29 is 0 Å². The van der Waals surface area contributed by atoms with E-state index in [9.17, 15) is 0 Å². The highest BCUT2D eigenvalue weighted by Crippen LogP contribution is 2.28. The van der Waals surface area contributed by atoms with Gasteiger partial charge in [-0.25, -0.2) is 0 Å². The second kappa shape index (κ2) is 6.32. The Hall–Kier alpha value is -2.14. The normalized spacial score (nSPS) is 10.9. The molecule has 2 heterocycles. The highest BCUT2D eigenvalue weighted by Gasteiger charge is 2.15. The molecular weight excluding hydrogens is 292 g/mol. The third-order valence-corrected chi connectivity index (χ3v) is 4.41. The first-order valence-electron chi connectivity index (χ1n) is 7.27. The summed E-state index contributed by atoms with van der Waals surface area (Å²) in [4.78, 5) is 4.08. The van der Waals surface area contributed by atoms with Crippen molar-refractivity contribution in [3.63, 3.8) is 0 Å². The predicted molar refractivity (Wildman–Crippen MR) is 90.5 cm³/mol. The molecule has 0 unspecified atom stereocenters. The molecule has 3 rings (SSSR count). The van der Waals surface area contributed by atoms with Gasteiger partial charge in [0.15, 0.2) is 11.0 Å². The molecule has 0 aliphatic heterocycles. The average molecular weight is 310 g/mol. The van der Waals surface area contributed by atoms with Crippen LogP contribution in [0.15, 0.2) is 47.9 Å². The van der Waals surface area contributed by atoms with Crippen molar-refractivity contribution in [3.05, 3.63) is 53.9 Å². The maximum Gasteiger partial charge on any atom is 0.196 e.